The van der Waals surface area contributed by atoms with Crippen molar-refractivity contribution in [2.24, 2.45) is 5.73 Å². The largest absolute Gasteiger partial charge is 0.394 e. The number of likely N-dealkylation sites (tertiary alicyclic amines) is 1. The summed E-state index contributed by atoms with van der Waals surface area (Å²) in [7, 11) is 0. The Morgan fingerprint density at radius 1 is 1.46 bits per heavy atom. The topological polar surface area (TPSA) is 69.7 Å². The van der Waals surface area contributed by atoms with Crippen molar-refractivity contribution in [3.05, 3.63) is 0 Å². The second kappa shape index (κ2) is 4.37. The summed E-state index contributed by atoms with van der Waals surface area (Å²) in [5, 5.41) is 18.4. The Bertz CT molecular complexity index is 160. The molecule has 0 aromatic carbocycles. The second-order valence-corrected chi connectivity index (χ2v) is 4.04. The molecule has 0 bridgehead atoms. The van der Waals surface area contributed by atoms with E-state index in [4.69, 9.17) is 5.73 Å². The number of aliphatic hydroxyl groups is 2. The molecule has 0 spiro atoms. The molecular weight excluding hydrogens is 168 g/mol. The first-order valence-corrected chi connectivity index (χ1v) is 4.86. The molecule has 1 rings (SSSR count). The third-order valence-electron chi connectivity index (χ3n) is 3.02. The Labute approximate surface area is 79.3 Å². The predicted octanol–water partition coefficient (Wildman–Crippen LogP) is -0.847. The normalized spacial score (nSPS) is 25.4. The summed E-state index contributed by atoms with van der Waals surface area (Å²) < 4.78 is 0. The van der Waals surface area contributed by atoms with Crippen molar-refractivity contribution in [2.75, 3.05) is 26.3 Å². The van der Waals surface area contributed by atoms with Gasteiger partial charge in [0.25, 0.3) is 0 Å². The van der Waals surface area contributed by atoms with E-state index < -0.39 is 5.54 Å². The minimum absolute atomic E-state index is 0.0139. The van der Waals surface area contributed by atoms with Crippen molar-refractivity contribution in [2.45, 2.75) is 31.3 Å². The summed E-state index contributed by atoms with van der Waals surface area (Å²) in [6, 6.07) is 0.323. The molecule has 0 aromatic rings. The molecule has 0 radical (unpaired) electrons. The lowest BCUT2D eigenvalue weighted by Crippen LogP contribution is -2.55. The van der Waals surface area contributed by atoms with Crippen LogP contribution in [-0.2, 0) is 0 Å². The standard InChI is InChI=1S/C9H20N2O2/c1-9(6-12,7-13)11-4-2-3-8(11)5-10/h8,12-13H,2-7,10H2,1H3. The van der Waals surface area contributed by atoms with Gasteiger partial charge in [0.15, 0.2) is 0 Å². The molecule has 1 fully saturated rings. The van der Waals surface area contributed by atoms with Crippen LogP contribution in [-0.4, -0.2) is 53.0 Å². The highest BCUT2D eigenvalue weighted by Crippen LogP contribution is 2.25. The Kier molecular flexibility index (Phi) is 3.67. The molecule has 1 unspecified atom stereocenters. The van der Waals surface area contributed by atoms with E-state index >= 15 is 0 Å². The van der Waals surface area contributed by atoms with E-state index in [1.54, 1.807) is 0 Å². The van der Waals surface area contributed by atoms with Gasteiger partial charge >= 0.3 is 0 Å². The molecule has 1 aliphatic rings. The van der Waals surface area contributed by atoms with Crippen LogP contribution in [0.4, 0.5) is 0 Å². The van der Waals surface area contributed by atoms with Gasteiger partial charge in [0.1, 0.15) is 0 Å². The van der Waals surface area contributed by atoms with Crippen molar-refractivity contribution in [3.63, 3.8) is 0 Å². The van der Waals surface area contributed by atoms with Crippen molar-refractivity contribution < 1.29 is 10.2 Å². The zero-order chi connectivity index (χ0) is 9.90. The maximum atomic E-state index is 9.22. The summed E-state index contributed by atoms with van der Waals surface area (Å²) in [6.45, 7) is 3.38. The molecular formula is C9H20N2O2. The summed E-state index contributed by atoms with van der Waals surface area (Å²) in [5.74, 6) is 0. The molecule has 0 aromatic heterocycles. The molecule has 4 N–H and O–H groups in total. The van der Waals surface area contributed by atoms with Crippen molar-refractivity contribution in [1.29, 1.82) is 0 Å². The summed E-state index contributed by atoms with van der Waals surface area (Å²) >= 11 is 0. The van der Waals surface area contributed by atoms with Crippen molar-refractivity contribution in [3.8, 4) is 0 Å². The summed E-state index contributed by atoms with van der Waals surface area (Å²) in [4.78, 5) is 2.13. The lowest BCUT2D eigenvalue weighted by molar-refractivity contribution is -0.00655. The minimum Gasteiger partial charge on any atom is -0.394 e. The van der Waals surface area contributed by atoms with Gasteiger partial charge in [0.2, 0.25) is 0 Å². The number of nitrogens with zero attached hydrogens (tertiary/aromatic N) is 1. The van der Waals surface area contributed by atoms with Crippen LogP contribution in [0.3, 0.4) is 0 Å². The van der Waals surface area contributed by atoms with Gasteiger partial charge in [-0.1, -0.05) is 0 Å². The maximum Gasteiger partial charge on any atom is 0.0647 e. The molecule has 0 amide bonds. The van der Waals surface area contributed by atoms with Gasteiger partial charge in [-0.05, 0) is 26.3 Å². The van der Waals surface area contributed by atoms with Gasteiger partial charge in [-0.15, -0.1) is 0 Å². The number of aliphatic hydroxyl groups excluding tert-OH is 2. The van der Waals surface area contributed by atoms with Crippen LogP contribution >= 0.6 is 0 Å². The Balaban J connectivity index is 2.67. The molecule has 1 atom stereocenters. The highest BCUT2D eigenvalue weighted by Gasteiger charge is 2.37. The fraction of sp³-hybridized carbons (Fsp3) is 1.00. The quantitative estimate of drug-likeness (QED) is 0.537. The zero-order valence-electron chi connectivity index (χ0n) is 8.24. The second-order valence-electron chi connectivity index (χ2n) is 4.04. The highest BCUT2D eigenvalue weighted by atomic mass is 16.3. The number of hydrogen-bond acceptors (Lipinski definition) is 4. The monoisotopic (exact) mass is 188 g/mol. The highest BCUT2D eigenvalue weighted by molar-refractivity contribution is 4.93. The summed E-state index contributed by atoms with van der Waals surface area (Å²) in [6.07, 6.45) is 2.18. The van der Waals surface area contributed by atoms with Crippen LogP contribution in [0.2, 0.25) is 0 Å². The van der Waals surface area contributed by atoms with Gasteiger partial charge in [-0.25, -0.2) is 0 Å². The molecule has 1 heterocycles. The average Bonchev–Trinajstić information content (AvgIpc) is 2.65. The lowest BCUT2D eigenvalue weighted by Gasteiger charge is -2.39. The third-order valence-corrected chi connectivity index (χ3v) is 3.02. The van der Waals surface area contributed by atoms with E-state index in [1.165, 1.54) is 0 Å². The lowest BCUT2D eigenvalue weighted by atomic mass is 10.0. The van der Waals surface area contributed by atoms with E-state index in [1.807, 2.05) is 6.92 Å². The van der Waals surface area contributed by atoms with Crippen LogP contribution in [0.25, 0.3) is 0 Å². The Morgan fingerprint density at radius 2 is 2.08 bits per heavy atom. The minimum atomic E-state index is -0.499. The SMILES string of the molecule is CC(CO)(CO)N1CCCC1CN. The van der Waals surface area contributed by atoms with Gasteiger partial charge in [0.05, 0.1) is 18.8 Å². The van der Waals surface area contributed by atoms with E-state index in [9.17, 15) is 10.2 Å². The van der Waals surface area contributed by atoms with Gasteiger partial charge < -0.3 is 15.9 Å². The van der Waals surface area contributed by atoms with E-state index in [0.717, 1.165) is 19.4 Å². The zero-order valence-corrected chi connectivity index (χ0v) is 8.24. The Hall–Kier alpha value is -0.160. The van der Waals surface area contributed by atoms with Gasteiger partial charge in [-0.3, -0.25) is 4.90 Å². The predicted molar refractivity (Wildman–Crippen MR) is 51.4 cm³/mol. The Morgan fingerprint density at radius 3 is 2.54 bits per heavy atom. The van der Waals surface area contributed by atoms with E-state index in [2.05, 4.69) is 4.90 Å². The van der Waals surface area contributed by atoms with E-state index in [0.29, 0.717) is 12.6 Å². The molecule has 78 valence electrons. The van der Waals surface area contributed by atoms with Crippen LogP contribution < -0.4 is 5.73 Å². The van der Waals surface area contributed by atoms with E-state index in [-0.39, 0.29) is 13.2 Å². The fourth-order valence-electron chi connectivity index (χ4n) is 2.02. The smallest absolute Gasteiger partial charge is 0.0647 e. The van der Waals surface area contributed by atoms with Gasteiger partial charge in [0, 0.05) is 12.6 Å². The fourth-order valence-corrected chi connectivity index (χ4v) is 2.02. The van der Waals surface area contributed by atoms with Crippen LogP contribution in [0.5, 0.6) is 0 Å². The number of rotatable bonds is 4. The molecule has 1 saturated heterocycles. The molecule has 1 aliphatic heterocycles. The molecule has 0 saturated carbocycles. The molecule has 0 aliphatic carbocycles. The summed E-state index contributed by atoms with van der Waals surface area (Å²) in [5.41, 5.74) is 5.13. The van der Waals surface area contributed by atoms with Gasteiger partial charge in [-0.2, -0.15) is 0 Å². The third kappa shape index (κ3) is 2.02. The average molecular weight is 188 g/mol. The molecule has 4 nitrogen and oxygen atoms in total. The number of nitrogens with two attached hydrogens (primary N) is 1. The van der Waals surface area contributed by atoms with Crippen molar-refractivity contribution >= 4 is 0 Å². The van der Waals surface area contributed by atoms with Crippen molar-refractivity contribution in [1.82, 2.24) is 4.90 Å². The maximum absolute atomic E-state index is 9.22. The first kappa shape index (κ1) is 10.9. The van der Waals surface area contributed by atoms with Crippen LogP contribution in [0.15, 0.2) is 0 Å². The first-order valence-electron chi connectivity index (χ1n) is 4.86. The molecule has 4 heteroatoms. The first-order chi connectivity index (χ1) is 6.18. The van der Waals surface area contributed by atoms with Crippen LogP contribution in [0, 0.1) is 0 Å². The van der Waals surface area contributed by atoms with Crippen LogP contribution in [0.1, 0.15) is 19.8 Å². The molecule has 13 heavy (non-hydrogen) atoms. The number of hydrogen-bond donors (Lipinski definition) is 3.